The van der Waals surface area contributed by atoms with Gasteiger partial charge < -0.3 is 9.88 Å². The van der Waals surface area contributed by atoms with Crippen LogP contribution in [-0.4, -0.2) is 4.57 Å². The van der Waals surface area contributed by atoms with Crippen LogP contribution < -0.4 is 5.32 Å². The van der Waals surface area contributed by atoms with Crippen LogP contribution in [0.4, 0.5) is 0 Å². The summed E-state index contributed by atoms with van der Waals surface area (Å²) in [5.74, 6) is 0. The van der Waals surface area contributed by atoms with Gasteiger partial charge in [0.05, 0.1) is 0 Å². The van der Waals surface area contributed by atoms with E-state index in [9.17, 15) is 0 Å². The van der Waals surface area contributed by atoms with Gasteiger partial charge in [-0.15, -0.1) is 12.4 Å². The van der Waals surface area contributed by atoms with E-state index in [-0.39, 0.29) is 12.4 Å². The first-order valence-electron chi connectivity index (χ1n) is 9.06. The summed E-state index contributed by atoms with van der Waals surface area (Å²) in [6.07, 6.45) is 2.24. The van der Waals surface area contributed by atoms with Crippen LogP contribution in [0.3, 0.4) is 0 Å². The van der Waals surface area contributed by atoms with Crippen molar-refractivity contribution in [2.24, 2.45) is 0 Å². The molecule has 0 saturated heterocycles. The Kier molecular flexibility index (Phi) is 7.66. The average molecular weight is 511 g/mol. The molecule has 150 valence electrons. The number of benzene rings is 3. The number of fused-ring (bicyclic) bond motifs is 1. The van der Waals surface area contributed by atoms with Gasteiger partial charge in [0, 0.05) is 51.3 Å². The van der Waals surface area contributed by atoms with Crippen molar-refractivity contribution in [1.29, 1.82) is 0 Å². The fraction of sp³-hybridized carbons (Fsp3) is 0.130. The van der Waals surface area contributed by atoms with Crippen molar-refractivity contribution in [3.63, 3.8) is 0 Å². The lowest BCUT2D eigenvalue weighted by Gasteiger charge is -2.07. The maximum absolute atomic E-state index is 6.29. The van der Waals surface area contributed by atoms with Crippen molar-refractivity contribution < 1.29 is 0 Å². The number of halogens is 4. The van der Waals surface area contributed by atoms with Gasteiger partial charge in [0.1, 0.15) is 0 Å². The van der Waals surface area contributed by atoms with E-state index >= 15 is 0 Å². The van der Waals surface area contributed by atoms with Crippen molar-refractivity contribution in [1.82, 2.24) is 9.88 Å². The van der Waals surface area contributed by atoms with Crippen molar-refractivity contribution >= 4 is 62.4 Å². The maximum Gasteiger partial charge on any atom is 0.0487 e. The second-order valence-electron chi connectivity index (χ2n) is 6.77. The molecule has 0 amide bonds. The first kappa shape index (κ1) is 22.2. The summed E-state index contributed by atoms with van der Waals surface area (Å²) in [6.45, 7) is 2.30. The second kappa shape index (κ2) is 10.0. The molecule has 0 atom stereocenters. The van der Waals surface area contributed by atoms with Crippen LogP contribution in [0.1, 0.15) is 16.7 Å². The minimum Gasteiger partial charge on any atom is -0.343 e. The lowest BCUT2D eigenvalue weighted by atomic mass is 10.1. The standard InChI is InChI=1S/C23H19BrCl2N2.ClH/c24-19-7-9-23-21(10-19)18(15-28(23)14-16-4-2-1-3-5-16)13-27-12-17-6-8-20(25)11-22(17)26;/h1-11,15,27H,12-14H2;1H. The zero-order chi connectivity index (χ0) is 19.5. The van der Waals surface area contributed by atoms with E-state index in [0.29, 0.717) is 16.6 Å². The Balaban J connectivity index is 0.00000240. The molecule has 0 aliphatic carbocycles. The van der Waals surface area contributed by atoms with Gasteiger partial charge in [-0.25, -0.2) is 0 Å². The number of aromatic nitrogens is 1. The molecule has 1 N–H and O–H groups in total. The van der Waals surface area contributed by atoms with Gasteiger partial charge in [0.2, 0.25) is 0 Å². The van der Waals surface area contributed by atoms with Crippen LogP contribution in [0.25, 0.3) is 10.9 Å². The number of hydrogen-bond acceptors (Lipinski definition) is 1. The Hall–Kier alpha value is -1.49. The lowest BCUT2D eigenvalue weighted by molar-refractivity contribution is 0.692. The fourth-order valence-electron chi connectivity index (χ4n) is 3.39. The number of nitrogens with zero attached hydrogens (tertiary/aromatic N) is 1. The van der Waals surface area contributed by atoms with Crippen LogP contribution in [0.15, 0.2) is 77.4 Å². The van der Waals surface area contributed by atoms with Gasteiger partial charge in [-0.1, -0.05) is 75.5 Å². The largest absolute Gasteiger partial charge is 0.343 e. The highest BCUT2D eigenvalue weighted by atomic mass is 79.9. The molecule has 2 nitrogen and oxygen atoms in total. The summed E-state index contributed by atoms with van der Waals surface area (Å²) in [6, 6.07) is 22.6. The summed E-state index contributed by atoms with van der Waals surface area (Å²) in [7, 11) is 0. The molecular weight excluding hydrogens is 491 g/mol. The van der Waals surface area contributed by atoms with Crippen molar-refractivity contribution in [2.45, 2.75) is 19.6 Å². The van der Waals surface area contributed by atoms with Gasteiger partial charge >= 0.3 is 0 Å². The van der Waals surface area contributed by atoms with Crippen molar-refractivity contribution in [2.75, 3.05) is 0 Å². The molecule has 0 aliphatic rings. The first-order valence-corrected chi connectivity index (χ1v) is 10.6. The Morgan fingerprint density at radius 3 is 2.38 bits per heavy atom. The summed E-state index contributed by atoms with van der Waals surface area (Å²) in [4.78, 5) is 0. The topological polar surface area (TPSA) is 17.0 Å². The molecule has 6 heteroatoms. The van der Waals surface area contributed by atoms with E-state index in [4.69, 9.17) is 23.2 Å². The third-order valence-corrected chi connectivity index (χ3v) is 5.85. The molecule has 0 spiro atoms. The van der Waals surface area contributed by atoms with E-state index in [2.05, 4.69) is 74.5 Å². The van der Waals surface area contributed by atoms with E-state index in [0.717, 1.165) is 23.1 Å². The van der Waals surface area contributed by atoms with Gasteiger partial charge in [0.25, 0.3) is 0 Å². The van der Waals surface area contributed by atoms with Crippen LogP contribution >= 0.6 is 51.5 Å². The molecule has 4 aromatic rings. The summed E-state index contributed by atoms with van der Waals surface area (Å²) < 4.78 is 3.39. The molecule has 0 radical (unpaired) electrons. The molecule has 0 bridgehead atoms. The highest BCUT2D eigenvalue weighted by molar-refractivity contribution is 9.10. The van der Waals surface area contributed by atoms with Gasteiger partial charge in [-0.05, 0) is 47.0 Å². The predicted molar refractivity (Wildman–Crippen MR) is 129 cm³/mol. The van der Waals surface area contributed by atoms with Crippen LogP contribution in [0.2, 0.25) is 10.0 Å². The van der Waals surface area contributed by atoms with Gasteiger partial charge in [-0.3, -0.25) is 0 Å². The number of rotatable bonds is 6. The molecule has 0 fully saturated rings. The summed E-state index contributed by atoms with van der Waals surface area (Å²) in [5, 5.41) is 6.11. The molecule has 29 heavy (non-hydrogen) atoms. The minimum atomic E-state index is 0. The second-order valence-corrected chi connectivity index (χ2v) is 8.53. The molecule has 1 heterocycles. The molecule has 3 aromatic carbocycles. The van der Waals surface area contributed by atoms with E-state index in [1.165, 1.54) is 22.0 Å². The van der Waals surface area contributed by atoms with Crippen LogP contribution in [0, 0.1) is 0 Å². The molecule has 0 saturated carbocycles. The first-order chi connectivity index (χ1) is 13.6. The third-order valence-electron chi connectivity index (χ3n) is 4.77. The fourth-order valence-corrected chi connectivity index (χ4v) is 4.23. The molecule has 0 unspecified atom stereocenters. The third kappa shape index (κ3) is 5.36. The quantitative estimate of drug-likeness (QED) is 0.285. The normalized spacial score (nSPS) is 10.9. The zero-order valence-electron chi connectivity index (χ0n) is 15.5. The van der Waals surface area contributed by atoms with Crippen molar-refractivity contribution in [3.8, 4) is 0 Å². The predicted octanol–water partition coefficient (Wildman–Crippen LogP) is 7.47. The van der Waals surface area contributed by atoms with Crippen LogP contribution in [-0.2, 0) is 19.6 Å². The maximum atomic E-state index is 6.29. The molecule has 1 aromatic heterocycles. The Morgan fingerprint density at radius 1 is 0.862 bits per heavy atom. The van der Waals surface area contributed by atoms with Gasteiger partial charge in [-0.2, -0.15) is 0 Å². The SMILES string of the molecule is Cl.Clc1ccc(CNCc2cn(Cc3ccccc3)c3ccc(Br)cc23)c(Cl)c1. The monoisotopic (exact) mass is 508 g/mol. The van der Waals surface area contributed by atoms with E-state index in [1.54, 1.807) is 6.07 Å². The van der Waals surface area contributed by atoms with Gasteiger partial charge in [0.15, 0.2) is 0 Å². The lowest BCUT2D eigenvalue weighted by Crippen LogP contribution is -2.12. The molecule has 0 aliphatic heterocycles. The van der Waals surface area contributed by atoms with E-state index < -0.39 is 0 Å². The summed E-state index contributed by atoms with van der Waals surface area (Å²) in [5.41, 5.74) is 4.82. The van der Waals surface area contributed by atoms with E-state index in [1.807, 2.05) is 18.2 Å². The smallest absolute Gasteiger partial charge is 0.0487 e. The Bertz CT molecular complexity index is 1110. The highest BCUT2D eigenvalue weighted by Crippen LogP contribution is 2.27. The summed E-state index contributed by atoms with van der Waals surface area (Å²) >= 11 is 15.9. The number of nitrogens with one attached hydrogen (secondary N) is 1. The Morgan fingerprint density at radius 2 is 1.62 bits per heavy atom. The highest BCUT2D eigenvalue weighted by Gasteiger charge is 2.10. The van der Waals surface area contributed by atoms with Crippen LogP contribution in [0.5, 0.6) is 0 Å². The molecular formula is C23H20BrCl3N2. The zero-order valence-corrected chi connectivity index (χ0v) is 19.5. The Labute approximate surface area is 195 Å². The average Bonchev–Trinajstić information content (AvgIpc) is 3.01. The number of hydrogen-bond donors (Lipinski definition) is 1. The molecule has 4 rings (SSSR count). The van der Waals surface area contributed by atoms with Crippen molar-refractivity contribution in [3.05, 3.63) is 104 Å². The minimum absolute atomic E-state index is 0.